The monoisotopic (exact) mass is 193 g/mol. The Morgan fingerprint density at radius 2 is 1.75 bits per heavy atom. The predicted molar refractivity (Wildman–Crippen MR) is 45.8 cm³/mol. The topological polar surface area (TPSA) is 52.6 Å². The Kier molecular flexibility index (Phi) is 5.38. The first kappa shape index (κ1) is 11.8. The third kappa shape index (κ3) is 4.65. The highest BCUT2D eigenvalue weighted by molar-refractivity contribution is 7.57. The van der Waals surface area contributed by atoms with Gasteiger partial charge in [0.15, 0.2) is 0 Å². The lowest BCUT2D eigenvalue weighted by Crippen LogP contribution is -2.01. The van der Waals surface area contributed by atoms with Crippen molar-refractivity contribution < 1.29 is 18.4 Å². The molecule has 0 aromatic carbocycles. The molecule has 12 heavy (non-hydrogen) atoms. The van der Waals surface area contributed by atoms with Gasteiger partial charge in [0.05, 0.1) is 13.2 Å². The van der Waals surface area contributed by atoms with Crippen molar-refractivity contribution in [1.29, 1.82) is 0 Å². The van der Waals surface area contributed by atoms with Crippen LogP contribution in [0.1, 0.15) is 20.8 Å². The van der Waals surface area contributed by atoms with E-state index in [2.05, 4.69) is 0 Å². The largest absolute Gasteiger partial charge is 0.342 e. The second-order valence-corrected chi connectivity index (χ2v) is 3.97. The minimum Gasteiger partial charge on any atom is -0.308 e. The van der Waals surface area contributed by atoms with Gasteiger partial charge in [-0.3, -0.25) is 9.36 Å². The summed E-state index contributed by atoms with van der Waals surface area (Å²) in [6, 6.07) is 0. The highest BCUT2D eigenvalue weighted by Crippen LogP contribution is 2.51. The second-order valence-electron chi connectivity index (χ2n) is 2.12. The lowest BCUT2D eigenvalue weighted by atomic mass is 10.5. The van der Waals surface area contributed by atoms with E-state index in [1.807, 2.05) is 0 Å². The molecular weight excluding hydrogens is 179 g/mol. The van der Waals surface area contributed by atoms with E-state index in [1.165, 1.54) is 6.92 Å². The van der Waals surface area contributed by atoms with Crippen molar-refractivity contribution in [3.8, 4) is 0 Å². The lowest BCUT2D eigenvalue weighted by Gasteiger charge is -2.14. The maximum absolute atomic E-state index is 11.5. The molecule has 0 atom stereocenters. The van der Waals surface area contributed by atoms with Gasteiger partial charge in [0.1, 0.15) is 11.9 Å². The molecule has 0 saturated heterocycles. The summed E-state index contributed by atoms with van der Waals surface area (Å²) < 4.78 is 21.2. The molecule has 0 aliphatic carbocycles. The van der Waals surface area contributed by atoms with Gasteiger partial charge in [-0.25, -0.2) is 0 Å². The maximum atomic E-state index is 11.5. The number of ketones is 1. The zero-order valence-corrected chi connectivity index (χ0v) is 8.47. The zero-order chi connectivity index (χ0) is 9.61. The molecule has 0 aliphatic heterocycles. The first-order chi connectivity index (χ1) is 5.54. The zero-order valence-electron chi connectivity index (χ0n) is 7.57. The van der Waals surface area contributed by atoms with Crippen LogP contribution in [0.3, 0.4) is 0 Å². The van der Waals surface area contributed by atoms with Crippen LogP contribution in [0.25, 0.3) is 0 Å². The molecule has 0 aromatic rings. The van der Waals surface area contributed by atoms with E-state index < -0.39 is 7.60 Å². The van der Waals surface area contributed by atoms with Crippen molar-refractivity contribution in [2.45, 2.75) is 20.8 Å². The van der Waals surface area contributed by atoms with Gasteiger partial charge in [0.25, 0.3) is 0 Å². The third-order valence-electron chi connectivity index (χ3n) is 0.958. The number of hydrogen-bond donors (Lipinski definition) is 0. The molecule has 5 heteroatoms. The van der Waals surface area contributed by atoms with Crippen molar-refractivity contribution in [3.63, 3.8) is 0 Å². The van der Waals surface area contributed by atoms with E-state index in [0.29, 0.717) is 0 Å². The van der Waals surface area contributed by atoms with Crippen LogP contribution < -0.4 is 0 Å². The van der Waals surface area contributed by atoms with Crippen LogP contribution in [0.15, 0.2) is 0 Å². The van der Waals surface area contributed by atoms with Gasteiger partial charge in [0.2, 0.25) is 0 Å². The van der Waals surface area contributed by atoms with E-state index in [0.717, 1.165) is 6.16 Å². The molecule has 0 bridgehead atoms. The van der Waals surface area contributed by atoms with E-state index >= 15 is 0 Å². The van der Waals surface area contributed by atoms with E-state index in [9.17, 15) is 9.36 Å². The summed E-state index contributed by atoms with van der Waals surface area (Å²) >= 11 is 0. The molecule has 4 nitrogen and oxygen atoms in total. The average molecular weight is 193 g/mol. The maximum Gasteiger partial charge on any atom is 0.342 e. The smallest absolute Gasteiger partial charge is 0.308 e. The minimum atomic E-state index is -3.25. The van der Waals surface area contributed by atoms with E-state index in [4.69, 9.17) is 9.05 Å². The summed E-state index contributed by atoms with van der Waals surface area (Å²) in [6.07, 6.45) is 1.000. The predicted octanol–water partition coefficient (Wildman–Crippen LogP) is 2.00. The van der Waals surface area contributed by atoms with Gasteiger partial charge in [0, 0.05) is 0 Å². The Balaban J connectivity index is 4.18. The van der Waals surface area contributed by atoms with Gasteiger partial charge in [-0.15, -0.1) is 0 Å². The fourth-order valence-electron chi connectivity index (χ4n) is 0.694. The summed E-state index contributed by atoms with van der Waals surface area (Å²) in [5, 5.41) is 0. The Labute approximate surface area is 72.8 Å². The van der Waals surface area contributed by atoms with Crippen molar-refractivity contribution in [2.24, 2.45) is 0 Å². The third-order valence-corrected chi connectivity index (χ3v) is 2.87. The number of rotatable bonds is 6. The minimum absolute atomic E-state index is 0.265. The molecule has 0 aromatic heterocycles. The standard InChI is InChI=1S/C7H14O4P/c1-4-10-12(9,11-5-2)6-7(3)8/h6H,4-5H2,1-3H3. The second kappa shape index (κ2) is 5.46. The fourth-order valence-corrected chi connectivity index (χ4v) is 2.08. The van der Waals surface area contributed by atoms with Gasteiger partial charge in [-0.1, -0.05) is 0 Å². The molecule has 0 N–H and O–H groups in total. The van der Waals surface area contributed by atoms with Crippen LogP contribution in [0.5, 0.6) is 0 Å². The lowest BCUT2D eigenvalue weighted by molar-refractivity contribution is -0.113. The summed E-state index contributed by atoms with van der Waals surface area (Å²) in [5.41, 5.74) is 0. The fraction of sp³-hybridized carbons (Fsp3) is 0.714. The molecule has 0 aliphatic rings. The van der Waals surface area contributed by atoms with E-state index in [-0.39, 0.29) is 19.0 Å². The summed E-state index contributed by atoms with van der Waals surface area (Å²) in [5.74, 6) is -0.305. The molecule has 0 fully saturated rings. The molecular formula is C7H14O4P. The van der Waals surface area contributed by atoms with E-state index in [1.54, 1.807) is 13.8 Å². The van der Waals surface area contributed by atoms with Crippen molar-refractivity contribution >= 4 is 13.4 Å². The Bertz CT molecular complexity index is 180. The number of Topliss-reactive ketones (excluding diaryl/α,β-unsaturated/α-hetero) is 1. The van der Waals surface area contributed by atoms with Crippen LogP contribution in [0.2, 0.25) is 0 Å². The molecule has 71 valence electrons. The number of carbonyl (C=O) groups excluding carboxylic acids is 1. The van der Waals surface area contributed by atoms with Crippen LogP contribution >= 0.6 is 7.60 Å². The molecule has 0 unspecified atom stereocenters. The molecule has 0 rings (SSSR count). The van der Waals surface area contributed by atoms with Crippen molar-refractivity contribution in [3.05, 3.63) is 6.16 Å². The molecule has 0 spiro atoms. The summed E-state index contributed by atoms with van der Waals surface area (Å²) in [7, 11) is -3.25. The Morgan fingerprint density at radius 1 is 1.33 bits per heavy atom. The normalized spacial score (nSPS) is 11.6. The highest BCUT2D eigenvalue weighted by Gasteiger charge is 2.25. The van der Waals surface area contributed by atoms with Crippen molar-refractivity contribution in [2.75, 3.05) is 13.2 Å². The average Bonchev–Trinajstić information content (AvgIpc) is 1.85. The van der Waals surface area contributed by atoms with Gasteiger partial charge in [-0.2, -0.15) is 0 Å². The first-order valence-electron chi connectivity index (χ1n) is 3.79. The Morgan fingerprint density at radius 3 is 2.00 bits per heavy atom. The van der Waals surface area contributed by atoms with Crippen LogP contribution in [-0.4, -0.2) is 19.0 Å². The van der Waals surface area contributed by atoms with Gasteiger partial charge < -0.3 is 9.05 Å². The first-order valence-corrected chi connectivity index (χ1v) is 5.40. The van der Waals surface area contributed by atoms with Crippen LogP contribution in [0.4, 0.5) is 0 Å². The van der Waals surface area contributed by atoms with Crippen LogP contribution in [-0.2, 0) is 18.4 Å². The molecule has 0 heterocycles. The van der Waals surface area contributed by atoms with Gasteiger partial charge in [-0.05, 0) is 20.8 Å². The summed E-state index contributed by atoms with van der Waals surface area (Å²) in [6.45, 7) is 5.23. The summed E-state index contributed by atoms with van der Waals surface area (Å²) in [4.78, 5) is 10.6. The van der Waals surface area contributed by atoms with Crippen molar-refractivity contribution in [1.82, 2.24) is 0 Å². The molecule has 0 amide bonds. The highest BCUT2D eigenvalue weighted by atomic mass is 31.2. The van der Waals surface area contributed by atoms with Gasteiger partial charge >= 0.3 is 7.60 Å². The Hall–Kier alpha value is -0.180. The quantitative estimate of drug-likeness (QED) is 0.605. The molecule has 0 saturated carbocycles. The molecule has 1 radical (unpaired) electrons. The number of hydrogen-bond acceptors (Lipinski definition) is 4. The van der Waals surface area contributed by atoms with Crippen LogP contribution in [0, 0.1) is 6.16 Å². The number of carbonyl (C=O) groups is 1. The SMILES string of the molecule is CCOP(=O)([CH]C(C)=O)OCC.